The normalized spacial score (nSPS) is 19.8. The topological polar surface area (TPSA) is 91.6 Å². The lowest BCUT2D eigenvalue weighted by Gasteiger charge is -2.34. The molecule has 2 heterocycles. The molecule has 170 valence electrons. The Labute approximate surface area is 185 Å². The summed E-state index contributed by atoms with van der Waals surface area (Å²) in [5.41, 5.74) is 1.34. The molecule has 1 aromatic carbocycles. The summed E-state index contributed by atoms with van der Waals surface area (Å²) in [4.78, 5) is 40.8. The van der Waals surface area contributed by atoms with Gasteiger partial charge in [0.15, 0.2) is 0 Å². The van der Waals surface area contributed by atoms with E-state index in [2.05, 4.69) is 5.32 Å². The number of fused-ring (bicyclic) bond motifs is 1. The molecule has 1 fully saturated rings. The summed E-state index contributed by atoms with van der Waals surface area (Å²) in [5, 5.41) is 12.6. The van der Waals surface area contributed by atoms with Crippen LogP contribution in [-0.4, -0.2) is 45.1 Å². The number of unbranched alkanes of at least 4 members (excludes halogenated alkanes) is 1. The highest BCUT2D eigenvalue weighted by atomic mass is 19.1. The van der Waals surface area contributed by atoms with Crippen LogP contribution in [-0.2, 0) is 17.8 Å². The minimum atomic E-state index is -0.607. The van der Waals surface area contributed by atoms with Crippen molar-refractivity contribution in [2.24, 2.45) is 0 Å². The highest BCUT2D eigenvalue weighted by Crippen LogP contribution is 2.25. The molecule has 0 unspecified atom stereocenters. The number of amides is 2. The predicted octanol–water partition coefficient (Wildman–Crippen LogP) is 2.30. The van der Waals surface area contributed by atoms with Crippen molar-refractivity contribution in [3.63, 3.8) is 0 Å². The van der Waals surface area contributed by atoms with E-state index in [1.165, 1.54) is 28.8 Å². The van der Waals surface area contributed by atoms with Gasteiger partial charge in [-0.1, -0.05) is 13.3 Å². The second-order valence-corrected chi connectivity index (χ2v) is 8.55. The SMILES string of the molecule is CCCCC(=O)N1CCc2c(cn(-c3ccc(F)cc3)c(=O)c2C(=O)N[C@H]2CC[C@H]2O)C1. The van der Waals surface area contributed by atoms with Gasteiger partial charge in [-0.25, -0.2) is 4.39 Å². The lowest BCUT2D eigenvalue weighted by atomic mass is 9.88. The number of aliphatic hydroxyl groups excluding tert-OH is 1. The number of benzene rings is 1. The van der Waals surface area contributed by atoms with E-state index in [0.717, 1.165) is 18.4 Å². The number of hydrogen-bond acceptors (Lipinski definition) is 4. The zero-order valence-corrected chi connectivity index (χ0v) is 18.1. The zero-order chi connectivity index (χ0) is 22.8. The van der Waals surface area contributed by atoms with Gasteiger partial charge in [0.2, 0.25) is 5.91 Å². The number of aromatic nitrogens is 1. The van der Waals surface area contributed by atoms with E-state index in [1.807, 2.05) is 6.92 Å². The molecule has 2 aliphatic rings. The van der Waals surface area contributed by atoms with Crippen molar-refractivity contribution in [3.05, 3.63) is 63.3 Å². The van der Waals surface area contributed by atoms with Gasteiger partial charge in [0.05, 0.1) is 12.1 Å². The number of hydrogen-bond donors (Lipinski definition) is 2. The van der Waals surface area contributed by atoms with Crippen molar-refractivity contribution in [1.29, 1.82) is 0 Å². The zero-order valence-electron chi connectivity index (χ0n) is 18.1. The van der Waals surface area contributed by atoms with Gasteiger partial charge >= 0.3 is 0 Å². The first-order valence-electron chi connectivity index (χ1n) is 11.2. The van der Waals surface area contributed by atoms with Crippen LogP contribution in [0, 0.1) is 5.82 Å². The predicted molar refractivity (Wildman–Crippen MR) is 117 cm³/mol. The van der Waals surface area contributed by atoms with Crippen LogP contribution in [0.4, 0.5) is 4.39 Å². The second-order valence-electron chi connectivity index (χ2n) is 8.55. The molecule has 2 amide bonds. The van der Waals surface area contributed by atoms with E-state index in [0.29, 0.717) is 50.0 Å². The maximum atomic E-state index is 13.4. The van der Waals surface area contributed by atoms with Crippen LogP contribution >= 0.6 is 0 Å². The molecule has 1 aliphatic heterocycles. The third kappa shape index (κ3) is 4.32. The molecule has 4 rings (SSSR count). The van der Waals surface area contributed by atoms with Crippen LogP contribution in [0.3, 0.4) is 0 Å². The summed E-state index contributed by atoms with van der Waals surface area (Å²) in [6, 6.07) is 5.10. The third-order valence-electron chi connectivity index (χ3n) is 6.38. The number of rotatable bonds is 6. The van der Waals surface area contributed by atoms with Crippen molar-refractivity contribution in [2.75, 3.05) is 6.54 Å². The van der Waals surface area contributed by atoms with Crippen molar-refractivity contribution in [3.8, 4) is 5.69 Å². The average Bonchev–Trinajstić information content (AvgIpc) is 2.79. The summed E-state index contributed by atoms with van der Waals surface area (Å²) in [7, 11) is 0. The first-order valence-corrected chi connectivity index (χ1v) is 11.2. The van der Waals surface area contributed by atoms with Crippen LogP contribution in [0.5, 0.6) is 0 Å². The van der Waals surface area contributed by atoms with Crippen molar-refractivity contribution < 1.29 is 19.1 Å². The molecular weight excluding hydrogens is 413 g/mol. The third-order valence-corrected chi connectivity index (χ3v) is 6.38. The smallest absolute Gasteiger partial charge is 0.268 e. The number of carbonyl (C=O) groups is 2. The first-order chi connectivity index (χ1) is 15.4. The number of pyridine rings is 1. The number of halogens is 1. The summed E-state index contributed by atoms with van der Waals surface area (Å²) in [5.74, 6) is -0.887. The molecule has 2 N–H and O–H groups in total. The Morgan fingerprint density at radius 1 is 1.22 bits per heavy atom. The largest absolute Gasteiger partial charge is 0.391 e. The number of carbonyl (C=O) groups excluding carboxylic acids is 2. The molecule has 0 saturated heterocycles. The average molecular weight is 442 g/mol. The Morgan fingerprint density at radius 3 is 2.59 bits per heavy atom. The molecule has 0 bridgehead atoms. The molecule has 2 atom stereocenters. The molecule has 2 aromatic rings. The fourth-order valence-corrected chi connectivity index (χ4v) is 4.27. The van der Waals surface area contributed by atoms with Crippen LogP contribution < -0.4 is 10.9 Å². The maximum absolute atomic E-state index is 13.4. The minimum absolute atomic E-state index is 0.0339. The minimum Gasteiger partial charge on any atom is -0.391 e. The van der Waals surface area contributed by atoms with E-state index in [1.54, 1.807) is 11.1 Å². The van der Waals surface area contributed by atoms with Crippen LogP contribution in [0.15, 0.2) is 35.3 Å². The standard InChI is InChI=1S/C24H28FN3O4/c1-2-3-4-21(30)27-12-11-18-15(13-27)14-28(17-7-5-16(25)6-8-17)24(32)22(18)23(31)26-19-9-10-20(19)29/h5-8,14,19-20,29H,2-4,9-13H2,1H3,(H,26,31)/t19-,20+/m0/s1. The Hall–Kier alpha value is -3.00. The monoisotopic (exact) mass is 441 g/mol. The lowest BCUT2D eigenvalue weighted by Crippen LogP contribution is -2.51. The number of nitrogens with one attached hydrogen (secondary N) is 1. The van der Waals surface area contributed by atoms with E-state index < -0.39 is 23.4 Å². The summed E-state index contributed by atoms with van der Waals surface area (Å²) in [6.45, 7) is 2.79. The van der Waals surface area contributed by atoms with Crippen molar-refractivity contribution in [1.82, 2.24) is 14.8 Å². The highest BCUT2D eigenvalue weighted by Gasteiger charge is 2.33. The fourth-order valence-electron chi connectivity index (χ4n) is 4.27. The van der Waals surface area contributed by atoms with E-state index in [-0.39, 0.29) is 17.5 Å². The van der Waals surface area contributed by atoms with Gasteiger partial charge in [-0.15, -0.1) is 0 Å². The Bertz CT molecular complexity index is 1080. The van der Waals surface area contributed by atoms with Crippen molar-refractivity contribution >= 4 is 11.8 Å². The van der Waals surface area contributed by atoms with Crippen LogP contribution in [0.2, 0.25) is 0 Å². The van der Waals surface area contributed by atoms with Crippen LogP contribution in [0.25, 0.3) is 5.69 Å². The molecule has 0 radical (unpaired) electrons. The maximum Gasteiger partial charge on any atom is 0.268 e. The first kappa shape index (κ1) is 22.2. The summed E-state index contributed by atoms with van der Waals surface area (Å²) in [6.07, 6.45) is 4.94. The molecule has 8 heteroatoms. The van der Waals surface area contributed by atoms with Gasteiger partial charge in [-0.3, -0.25) is 19.0 Å². The van der Waals surface area contributed by atoms with Gasteiger partial charge in [0.1, 0.15) is 11.4 Å². The molecule has 0 spiro atoms. The quantitative estimate of drug-likeness (QED) is 0.720. The highest BCUT2D eigenvalue weighted by molar-refractivity contribution is 5.96. The van der Waals surface area contributed by atoms with E-state index in [9.17, 15) is 23.9 Å². The van der Waals surface area contributed by atoms with Gasteiger partial charge in [-0.2, -0.15) is 0 Å². The molecule has 1 saturated carbocycles. The molecule has 1 aromatic heterocycles. The molecule has 7 nitrogen and oxygen atoms in total. The van der Waals surface area contributed by atoms with Crippen LogP contribution in [0.1, 0.15) is 60.5 Å². The molecule has 32 heavy (non-hydrogen) atoms. The Kier molecular flexibility index (Phi) is 6.41. The summed E-state index contributed by atoms with van der Waals surface area (Å²) >= 11 is 0. The Morgan fingerprint density at radius 2 is 1.97 bits per heavy atom. The van der Waals surface area contributed by atoms with E-state index >= 15 is 0 Å². The fraction of sp³-hybridized carbons (Fsp3) is 0.458. The molecule has 1 aliphatic carbocycles. The summed E-state index contributed by atoms with van der Waals surface area (Å²) < 4.78 is 14.8. The van der Waals surface area contributed by atoms with Gasteiger partial charge in [0.25, 0.3) is 11.5 Å². The lowest BCUT2D eigenvalue weighted by molar-refractivity contribution is -0.132. The Balaban J connectivity index is 1.74. The van der Waals surface area contributed by atoms with Gasteiger partial charge in [0, 0.05) is 31.4 Å². The van der Waals surface area contributed by atoms with Crippen molar-refractivity contribution in [2.45, 2.75) is 64.1 Å². The van der Waals surface area contributed by atoms with Gasteiger partial charge in [-0.05, 0) is 61.1 Å². The molecular formula is C24H28FN3O4. The second kappa shape index (κ2) is 9.24. The van der Waals surface area contributed by atoms with E-state index in [4.69, 9.17) is 0 Å². The van der Waals surface area contributed by atoms with Gasteiger partial charge < -0.3 is 15.3 Å². The number of nitrogens with zero attached hydrogens (tertiary/aromatic N) is 2. The number of aliphatic hydroxyl groups is 1.